The lowest BCUT2D eigenvalue weighted by Crippen LogP contribution is -2.62. The maximum absolute atomic E-state index is 12.6. The molecule has 2 aliphatic rings. The highest BCUT2D eigenvalue weighted by Gasteiger charge is 2.55. The van der Waals surface area contributed by atoms with Gasteiger partial charge in [-0.1, -0.05) is 36.4 Å². The van der Waals surface area contributed by atoms with E-state index in [9.17, 15) is 19.8 Å². The summed E-state index contributed by atoms with van der Waals surface area (Å²) in [6.45, 7) is 2.25. The van der Waals surface area contributed by atoms with Gasteiger partial charge in [-0.2, -0.15) is 0 Å². The van der Waals surface area contributed by atoms with Crippen molar-refractivity contribution < 1.29 is 24.4 Å². The van der Waals surface area contributed by atoms with E-state index in [0.29, 0.717) is 24.2 Å². The predicted octanol–water partition coefficient (Wildman–Crippen LogP) is 1.98. The minimum atomic E-state index is -1.37. The summed E-state index contributed by atoms with van der Waals surface area (Å²) in [5.74, 6) is -2.32. The molecule has 0 spiro atoms. The molecule has 36 heavy (non-hydrogen) atoms. The quantitative estimate of drug-likeness (QED) is 0.258. The Kier molecular flexibility index (Phi) is 5.05. The Balaban J connectivity index is 1.47. The molecule has 0 radical (unpaired) electrons. The molecule has 0 bridgehead atoms. The molecular formula is C29H25N3O4. The Morgan fingerprint density at radius 1 is 1.11 bits per heavy atom. The first-order valence-electron chi connectivity index (χ1n) is 12.0. The molecule has 6 rings (SSSR count). The van der Waals surface area contributed by atoms with Crippen molar-refractivity contribution in [2.75, 3.05) is 5.73 Å². The third kappa shape index (κ3) is 3.35. The maximum atomic E-state index is 12.6. The molecule has 3 atom stereocenters. The summed E-state index contributed by atoms with van der Waals surface area (Å²) in [6, 6.07) is 19.6. The molecule has 7 nitrogen and oxygen atoms in total. The topological polar surface area (TPSA) is 111 Å². The van der Waals surface area contributed by atoms with Gasteiger partial charge in [-0.25, -0.2) is 4.57 Å². The first-order chi connectivity index (χ1) is 17.3. The van der Waals surface area contributed by atoms with Crippen LogP contribution in [0.5, 0.6) is 0 Å². The first kappa shape index (κ1) is 22.2. The van der Waals surface area contributed by atoms with Crippen molar-refractivity contribution in [2.45, 2.75) is 32.0 Å². The van der Waals surface area contributed by atoms with Gasteiger partial charge in [0.1, 0.15) is 0 Å². The normalized spacial score (nSPS) is 20.1. The number of pyridine rings is 1. The number of nitrogens with two attached hydrogens (primary N) is 1. The van der Waals surface area contributed by atoms with Gasteiger partial charge in [-0.3, -0.25) is 4.79 Å². The van der Waals surface area contributed by atoms with Crippen LogP contribution < -0.4 is 15.4 Å². The van der Waals surface area contributed by atoms with Gasteiger partial charge in [0.05, 0.1) is 29.7 Å². The highest BCUT2D eigenvalue weighted by atomic mass is 16.4. The minimum Gasteiger partial charge on any atom is -0.543 e. The number of hydrogen-bond donors (Lipinski definition) is 2. The van der Waals surface area contributed by atoms with Crippen LogP contribution in [0.15, 0.2) is 78.8 Å². The number of aliphatic hydroxyl groups is 1. The number of hydrogen-bond acceptors (Lipinski definition) is 5. The number of carboxylic acid groups (broad SMARTS) is 1. The van der Waals surface area contributed by atoms with Gasteiger partial charge >= 0.3 is 0 Å². The second kappa shape index (κ2) is 8.17. The van der Waals surface area contributed by atoms with E-state index in [1.165, 1.54) is 4.90 Å². The van der Waals surface area contributed by atoms with Crippen molar-refractivity contribution in [3.63, 3.8) is 0 Å². The third-order valence-electron chi connectivity index (χ3n) is 7.49. The van der Waals surface area contributed by atoms with Crippen LogP contribution in [-0.2, 0) is 16.1 Å². The minimum absolute atomic E-state index is 0.0815. The van der Waals surface area contributed by atoms with Crippen molar-refractivity contribution >= 4 is 44.7 Å². The van der Waals surface area contributed by atoms with E-state index in [0.717, 1.165) is 32.7 Å². The average molecular weight is 480 g/mol. The van der Waals surface area contributed by atoms with Crippen LogP contribution >= 0.6 is 0 Å². The SMILES string of the molecule is C[C@@H](O)[C@H]1C(=O)N2C(C(=O)[O-])=C(c3ccc4cc(C[n+]5ccc(N)cc5)c5ccccc5c4c3)C[C@H]12. The molecule has 1 fully saturated rings. The fourth-order valence-electron chi connectivity index (χ4n) is 5.78. The number of aliphatic carboxylic acids is 1. The molecule has 0 unspecified atom stereocenters. The average Bonchev–Trinajstić information content (AvgIpc) is 3.20. The van der Waals surface area contributed by atoms with Gasteiger partial charge < -0.3 is 25.6 Å². The van der Waals surface area contributed by atoms with Gasteiger partial charge in [0.25, 0.3) is 0 Å². The molecule has 4 aromatic rings. The zero-order valence-corrected chi connectivity index (χ0v) is 19.7. The Bertz CT molecular complexity index is 1590. The highest BCUT2D eigenvalue weighted by molar-refractivity contribution is 6.11. The monoisotopic (exact) mass is 479 g/mol. The lowest BCUT2D eigenvalue weighted by Gasteiger charge is -2.45. The van der Waals surface area contributed by atoms with Gasteiger partial charge in [-0.15, -0.1) is 0 Å². The van der Waals surface area contributed by atoms with Crippen molar-refractivity contribution in [1.29, 1.82) is 0 Å². The largest absolute Gasteiger partial charge is 0.543 e. The van der Waals surface area contributed by atoms with E-state index in [4.69, 9.17) is 5.73 Å². The number of β-lactam (4-membered cyclic amide) rings is 1. The van der Waals surface area contributed by atoms with E-state index < -0.39 is 18.0 Å². The summed E-state index contributed by atoms with van der Waals surface area (Å²) in [5, 5.41) is 26.3. The number of nitrogens with zero attached hydrogens (tertiary/aromatic N) is 2. The van der Waals surface area contributed by atoms with Gasteiger partial charge in [0, 0.05) is 23.4 Å². The fourth-order valence-corrected chi connectivity index (χ4v) is 5.78. The standard InChI is InChI=1S/C29H25N3O4/c1-16(33)26-25-14-24(27(29(35)36)32(25)28(26)34)18-7-6-17-12-19(15-31-10-8-20(30)9-11-31)21-4-2-3-5-22(21)23(17)13-18/h2-13,16,25-26,30,33H,14-15H2,1H3,(H,35,36)/t16-,25-,26-/m1/s1. The number of carboxylic acids is 1. The van der Waals surface area contributed by atoms with Crippen LogP contribution in [0.3, 0.4) is 0 Å². The molecule has 7 heteroatoms. The van der Waals surface area contributed by atoms with Crippen molar-refractivity contribution in [3.8, 4) is 0 Å². The van der Waals surface area contributed by atoms with Crippen LogP contribution in [-0.4, -0.2) is 34.0 Å². The Hall–Kier alpha value is -4.23. The first-order valence-corrected chi connectivity index (χ1v) is 12.0. The van der Waals surface area contributed by atoms with E-state index in [1.54, 1.807) is 6.92 Å². The van der Waals surface area contributed by atoms with Crippen molar-refractivity contribution in [2.24, 2.45) is 5.92 Å². The summed E-state index contributed by atoms with van der Waals surface area (Å²) in [5.41, 5.74) is 8.95. The predicted molar refractivity (Wildman–Crippen MR) is 134 cm³/mol. The zero-order valence-electron chi connectivity index (χ0n) is 19.7. The lowest BCUT2D eigenvalue weighted by molar-refractivity contribution is -0.688. The summed E-state index contributed by atoms with van der Waals surface area (Å²) in [6.07, 6.45) is 3.45. The number of amides is 1. The molecule has 1 amide bonds. The number of fused-ring (bicyclic) bond motifs is 4. The van der Waals surface area contributed by atoms with E-state index >= 15 is 0 Å². The van der Waals surface area contributed by atoms with E-state index in [2.05, 4.69) is 22.8 Å². The van der Waals surface area contributed by atoms with Crippen LogP contribution in [0.2, 0.25) is 0 Å². The van der Waals surface area contributed by atoms with Crippen LogP contribution in [0, 0.1) is 5.92 Å². The molecule has 2 aliphatic heterocycles. The molecule has 3 heterocycles. The van der Waals surface area contributed by atoms with Gasteiger partial charge in [-0.05, 0) is 58.2 Å². The van der Waals surface area contributed by atoms with E-state index in [1.807, 2.05) is 54.9 Å². The Morgan fingerprint density at radius 3 is 2.53 bits per heavy atom. The molecule has 0 saturated carbocycles. The number of nitrogen functional groups attached to an aromatic ring is 1. The smallest absolute Gasteiger partial charge is 0.235 e. The van der Waals surface area contributed by atoms with Crippen LogP contribution in [0.25, 0.3) is 27.1 Å². The Labute approximate surface area is 207 Å². The maximum Gasteiger partial charge on any atom is 0.235 e. The van der Waals surface area contributed by atoms with Crippen LogP contribution in [0.4, 0.5) is 5.69 Å². The lowest BCUT2D eigenvalue weighted by atomic mass is 9.82. The number of anilines is 1. The molecule has 3 N–H and O–H groups in total. The third-order valence-corrected chi connectivity index (χ3v) is 7.49. The number of rotatable bonds is 5. The summed E-state index contributed by atoms with van der Waals surface area (Å²) < 4.78 is 2.08. The summed E-state index contributed by atoms with van der Waals surface area (Å²) >= 11 is 0. The van der Waals surface area contributed by atoms with Gasteiger partial charge in [0.2, 0.25) is 5.91 Å². The number of carbonyl (C=O) groups excluding carboxylic acids is 2. The molecular weight excluding hydrogens is 454 g/mol. The molecule has 3 aromatic carbocycles. The number of aliphatic hydroxyl groups excluding tert-OH is 1. The molecule has 1 aromatic heterocycles. The van der Waals surface area contributed by atoms with Crippen LogP contribution in [0.1, 0.15) is 24.5 Å². The van der Waals surface area contributed by atoms with Crippen molar-refractivity contribution in [3.05, 3.63) is 89.9 Å². The van der Waals surface area contributed by atoms with E-state index in [-0.39, 0.29) is 17.6 Å². The second-order valence-corrected chi connectivity index (χ2v) is 9.68. The number of aromatic nitrogens is 1. The zero-order chi connectivity index (χ0) is 25.1. The highest BCUT2D eigenvalue weighted by Crippen LogP contribution is 2.47. The summed E-state index contributed by atoms with van der Waals surface area (Å²) in [7, 11) is 0. The molecule has 180 valence electrons. The molecule has 0 aliphatic carbocycles. The van der Waals surface area contributed by atoms with Gasteiger partial charge in [0.15, 0.2) is 18.9 Å². The fraction of sp³-hybridized carbons (Fsp3) is 0.207. The Morgan fingerprint density at radius 2 is 1.83 bits per heavy atom. The number of benzene rings is 3. The molecule has 1 saturated heterocycles. The second-order valence-electron chi connectivity index (χ2n) is 9.68. The van der Waals surface area contributed by atoms with Crippen molar-refractivity contribution in [1.82, 2.24) is 4.90 Å². The summed E-state index contributed by atoms with van der Waals surface area (Å²) in [4.78, 5) is 26.0. The number of carbonyl (C=O) groups is 2.